The van der Waals surface area contributed by atoms with Gasteiger partial charge in [-0.25, -0.2) is 4.79 Å². The summed E-state index contributed by atoms with van der Waals surface area (Å²) in [5.41, 5.74) is -0.365. The molecule has 0 saturated carbocycles. The molecule has 6 heteroatoms. The van der Waals surface area contributed by atoms with Crippen molar-refractivity contribution in [2.24, 2.45) is 5.41 Å². The molecule has 0 aromatic heterocycles. The van der Waals surface area contributed by atoms with Gasteiger partial charge in [-0.2, -0.15) is 0 Å². The minimum Gasteiger partial charge on any atom is -0.277 e. The largest absolute Gasteiger partial charge is 0.328 e. The van der Waals surface area contributed by atoms with Crippen LogP contribution in [0.25, 0.3) is 0 Å². The van der Waals surface area contributed by atoms with E-state index in [0.29, 0.717) is 6.42 Å². The molecule has 0 radical (unpaired) electrons. The van der Waals surface area contributed by atoms with Crippen molar-refractivity contribution in [3.05, 3.63) is 90.5 Å². The molecule has 0 spiro atoms. The molecule has 2 N–H and O–H groups in total. The van der Waals surface area contributed by atoms with Gasteiger partial charge in [-0.1, -0.05) is 143 Å². The fraction of sp³-hybridized carbons (Fsp3) is 0.364. The van der Waals surface area contributed by atoms with Crippen LogP contribution in [-0.4, -0.2) is 17.8 Å². The first kappa shape index (κ1) is 28.7. The molecular formula is C33H39N2O3P. The lowest BCUT2D eigenvalue weighted by atomic mass is 9.74. The van der Waals surface area contributed by atoms with Crippen molar-refractivity contribution >= 4 is 41.7 Å². The number of urea groups is 1. The van der Waals surface area contributed by atoms with Crippen molar-refractivity contribution < 1.29 is 14.4 Å². The molecule has 1 saturated heterocycles. The Morgan fingerprint density at radius 1 is 0.590 bits per heavy atom. The van der Waals surface area contributed by atoms with Crippen LogP contribution in [0.5, 0.6) is 0 Å². The first-order valence-corrected chi connectivity index (χ1v) is 15.5. The monoisotopic (exact) mass is 542 g/mol. The van der Waals surface area contributed by atoms with Crippen molar-refractivity contribution in [1.82, 2.24) is 10.6 Å². The average molecular weight is 543 g/mol. The number of carbonyl (C=O) groups is 3. The first-order valence-electron chi connectivity index (χ1n) is 14.2. The van der Waals surface area contributed by atoms with E-state index in [1.165, 1.54) is 48.0 Å². The summed E-state index contributed by atoms with van der Waals surface area (Å²) in [6.45, 7) is 2.21. The Kier molecular flexibility index (Phi) is 10.4. The maximum absolute atomic E-state index is 13.1. The second kappa shape index (κ2) is 14.2. The number of amides is 4. The summed E-state index contributed by atoms with van der Waals surface area (Å²) in [5, 5.41) is 8.46. The predicted octanol–water partition coefficient (Wildman–Crippen LogP) is 5.87. The lowest BCUT2D eigenvalue weighted by Crippen LogP contribution is -2.63. The fourth-order valence-corrected chi connectivity index (χ4v) is 7.61. The molecule has 0 aliphatic carbocycles. The van der Waals surface area contributed by atoms with Gasteiger partial charge in [-0.15, -0.1) is 0 Å². The number of carbonyl (C=O) groups excluding carboxylic acids is 3. The standard InChI is InChI=1S/C33H39N2O3P/c1-2-3-4-5-6-7-8-15-24-33(30(36)34-32(38)35-31(33)37)25-26-20-22-29(23-21-26)39(27-16-11-9-12-17-27)28-18-13-10-14-19-28/h9-14,16-23H,2-8,15,24-25H2,1H3,(H2,34,35,36,37,38). The molecule has 0 bridgehead atoms. The van der Waals surface area contributed by atoms with Crippen LogP contribution in [0.15, 0.2) is 84.9 Å². The van der Waals surface area contributed by atoms with Gasteiger partial charge in [0, 0.05) is 0 Å². The summed E-state index contributed by atoms with van der Waals surface area (Å²) in [6, 6.07) is 28.6. The zero-order valence-electron chi connectivity index (χ0n) is 22.8. The highest BCUT2D eigenvalue weighted by Gasteiger charge is 2.49. The number of benzene rings is 3. The highest BCUT2D eigenvalue weighted by molar-refractivity contribution is 7.79. The van der Waals surface area contributed by atoms with Gasteiger partial charge in [0.1, 0.15) is 5.41 Å². The summed E-state index contributed by atoms with van der Waals surface area (Å²) >= 11 is 0. The molecule has 0 unspecified atom stereocenters. The third-order valence-electron chi connectivity index (χ3n) is 7.51. The summed E-state index contributed by atoms with van der Waals surface area (Å²) in [6.07, 6.45) is 9.71. The minimum absolute atomic E-state index is 0.267. The van der Waals surface area contributed by atoms with E-state index in [1.54, 1.807) is 0 Å². The Hall–Kier alpha value is -3.30. The van der Waals surface area contributed by atoms with Gasteiger partial charge in [0.15, 0.2) is 0 Å². The van der Waals surface area contributed by atoms with E-state index < -0.39 is 31.2 Å². The van der Waals surface area contributed by atoms with Crippen LogP contribution in [0, 0.1) is 5.41 Å². The van der Waals surface area contributed by atoms with E-state index in [-0.39, 0.29) is 6.42 Å². The van der Waals surface area contributed by atoms with Gasteiger partial charge in [-0.05, 0) is 42.2 Å². The van der Waals surface area contributed by atoms with Crippen molar-refractivity contribution in [3.63, 3.8) is 0 Å². The van der Waals surface area contributed by atoms with Crippen molar-refractivity contribution in [2.45, 2.75) is 71.1 Å². The molecule has 5 nitrogen and oxygen atoms in total. The number of barbiturate groups is 1. The third-order valence-corrected chi connectivity index (χ3v) is 9.95. The molecule has 1 aliphatic rings. The van der Waals surface area contributed by atoms with Gasteiger partial charge in [0.05, 0.1) is 0 Å². The van der Waals surface area contributed by atoms with Crippen LogP contribution in [-0.2, 0) is 16.0 Å². The Labute approximate surface area is 233 Å². The summed E-state index contributed by atoms with van der Waals surface area (Å²) in [7, 11) is -0.737. The topological polar surface area (TPSA) is 75.3 Å². The van der Waals surface area contributed by atoms with E-state index in [2.05, 4.69) is 78.2 Å². The number of hydrogen-bond donors (Lipinski definition) is 2. The Morgan fingerprint density at radius 3 is 1.56 bits per heavy atom. The second-order valence-corrected chi connectivity index (χ2v) is 12.6. The molecule has 204 valence electrons. The van der Waals surface area contributed by atoms with Crippen molar-refractivity contribution in [2.75, 3.05) is 0 Å². The van der Waals surface area contributed by atoms with Crippen LogP contribution in [0.4, 0.5) is 4.79 Å². The van der Waals surface area contributed by atoms with E-state index in [4.69, 9.17) is 0 Å². The first-order chi connectivity index (χ1) is 19.0. The second-order valence-electron chi connectivity index (χ2n) is 10.4. The zero-order valence-corrected chi connectivity index (χ0v) is 23.7. The van der Waals surface area contributed by atoms with Gasteiger partial charge >= 0.3 is 6.03 Å². The Morgan fingerprint density at radius 2 is 1.05 bits per heavy atom. The average Bonchev–Trinajstić information content (AvgIpc) is 2.95. The molecule has 1 fully saturated rings. The highest BCUT2D eigenvalue weighted by Crippen LogP contribution is 2.35. The normalized spacial score (nSPS) is 14.8. The maximum atomic E-state index is 13.1. The third kappa shape index (κ3) is 7.42. The molecule has 3 aromatic carbocycles. The van der Waals surface area contributed by atoms with Gasteiger partial charge in [0.2, 0.25) is 11.8 Å². The van der Waals surface area contributed by atoms with Gasteiger partial charge in [-0.3, -0.25) is 20.2 Å². The molecule has 1 heterocycles. The molecule has 3 aromatic rings. The van der Waals surface area contributed by atoms with E-state index in [1.807, 2.05) is 24.3 Å². The Balaban J connectivity index is 1.50. The molecule has 39 heavy (non-hydrogen) atoms. The minimum atomic E-state index is -1.28. The van der Waals surface area contributed by atoms with Crippen LogP contribution < -0.4 is 26.5 Å². The number of hydrogen-bond acceptors (Lipinski definition) is 3. The lowest BCUT2D eigenvalue weighted by Gasteiger charge is -2.34. The van der Waals surface area contributed by atoms with Crippen LogP contribution >= 0.6 is 7.92 Å². The van der Waals surface area contributed by atoms with Crippen LogP contribution in [0.1, 0.15) is 70.3 Å². The number of rotatable bonds is 14. The van der Waals surface area contributed by atoms with E-state index in [0.717, 1.165) is 24.8 Å². The lowest BCUT2D eigenvalue weighted by molar-refractivity contribution is -0.145. The fourth-order valence-electron chi connectivity index (χ4n) is 5.33. The van der Waals surface area contributed by atoms with Crippen LogP contribution in [0.2, 0.25) is 0 Å². The molecule has 0 atom stereocenters. The predicted molar refractivity (Wildman–Crippen MR) is 160 cm³/mol. The van der Waals surface area contributed by atoms with Gasteiger partial charge < -0.3 is 0 Å². The summed E-state index contributed by atoms with van der Waals surface area (Å²) in [5.74, 6) is -0.974. The number of unbranched alkanes of at least 4 members (excludes halogenated alkanes) is 7. The maximum Gasteiger partial charge on any atom is 0.328 e. The SMILES string of the molecule is CCCCCCCCCCC1(Cc2ccc(P(c3ccccc3)c3ccccc3)cc2)C(=O)NC(=O)NC1=O. The van der Waals surface area contributed by atoms with Gasteiger partial charge in [0.25, 0.3) is 0 Å². The molecule has 1 aliphatic heterocycles. The smallest absolute Gasteiger partial charge is 0.277 e. The molecule has 4 amide bonds. The Bertz CT molecular complexity index is 1170. The number of nitrogens with one attached hydrogen (secondary N) is 2. The number of imide groups is 2. The van der Waals surface area contributed by atoms with Crippen molar-refractivity contribution in [1.29, 1.82) is 0 Å². The van der Waals surface area contributed by atoms with Crippen molar-refractivity contribution in [3.8, 4) is 0 Å². The molecular weight excluding hydrogens is 503 g/mol. The summed E-state index contributed by atoms with van der Waals surface area (Å²) < 4.78 is 0. The summed E-state index contributed by atoms with van der Waals surface area (Å²) in [4.78, 5) is 38.1. The van der Waals surface area contributed by atoms with Crippen LogP contribution in [0.3, 0.4) is 0 Å². The zero-order chi connectivity index (χ0) is 27.5. The quantitative estimate of drug-likeness (QED) is 0.152. The van der Waals surface area contributed by atoms with E-state index in [9.17, 15) is 14.4 Å². The molecule has 4 rings (SSSR count). The highest BCUT2D eigenvalue weighted by atomic mass is 31.1. The van der Waals surface area contributed by atoms with E-state index >= 15 is 0 Å².